The molecule has 3 N–H and O–H groups in total. The maximum Gasteiger partial charge on any atom is 0.231 e. The SMILES string of the molecule is CC1(C(=O)N2CCC(c3cc(C4CCNCC4)n[nH]3)CC2)CNC1. The molecule has 0 saturated carbocycles. The normalized spacial score (nSPS) is 25.5. The molecule has 4 heterocycles. The van der Waals surface area contributed by atoms with Crippen molar-refractivity contribution in [2.24, 2.45) is 5.41 Å². The fraction of sp³-hybridized carbons (Fsp3) is 0.778. The molecule has 1 amide bonds. The van der Waals surface area contributed by atoms with Gasteiger partial charge in [-0.3, -0.25) is 9.89 Å². The molecule has 6 heteroatoms. The third kappa shape index (κ3) is 2.97. The highest BCUT2D eigenvalue weighted by Gasteiger charge is 2.42. The predicted octanol–water partition coefficient (Wildman–Crippen LogP) is 1.19. The first-order valence-electron chi connectivity index (χ1n) is 9.42. The number of piperidine rings is 2. The molecule has 3 fully saturated rings. The van der Waals surface area contributed by atoms with Gasteiger partial charge < -0.3 is 15.5 Å². The number of carbonyl (C=O) groups is 1. The highest BCUT2D eigenvalue weighted by Crippen LogP contribution is 2.33. The van der Waals surface area contributed by atoms with Crippen LogP contribution in [-0.2, 0) is 4.79 Å². The van der Waals surface area contributed by atoms with Crippen molar-refractivity contribution < 1.29 is 4.79 Å². The number of nitrogens with one attached hydrogen (secondary N) is 3. The number of H-pyrrole nitrogens is 1. The zero-order valence-electron chi connectivity index (χ0n) is 14.6. The van der Waals surface area contributed by atoms with E-state index in [0.717, 1.165) is 52.1 Å². The van der Waals surface area contributed by atoms with Gasteiger partial charge in [0.25, 0.3) is 0 Å². The Balaban J connectivity index is 1.34. The minimum Gasteiger partial charge on any atom is -0.342 e. The van der Waals surface area contributed by atoms with Gasteiger partial charge in [-0.05, 0) is 51.8 Å². The number of carbonyl (C=O) groups excluding carboxylic acids is 1. The maximum atomic E-state index is 12.6. The smallest absolute Gasteiger partial charge is 0.231 e. The lowest BCUT2D eigenvalue weighted by atomic mass is 9.81. The van der Waals surface area contributed by atoms with Crippen LogP contribution in [0.1, 0.15) is 55.8 Å². The van der Waals surface area contributed by atoms with E-state index in [4.69, 9.17) is 0 Å². The average molecular weight is 331 g/mol. The molecule has 6 nitrogen and oxygen atoms in total. The van der Waals surface area contributed by atoms with Crippen molar-refractivity contribution in [1.82, 2.24) is 25.7 Å². The summed E-state index contributed by atoms with van der Waals surface area (Å²) in [6.07, 6.45) is 4.46. The molecular weight excluding hydrogens is 302 g/mol. The zero-order chi connectivity index (χ0) is 16.6. The van der Waals surface area contributed by atoms with Crippen molar-refractivity contribution in [2.45, 2.75) is 44.4 Å². The molecule has 1 aromatic heterocycles. The lowest BCUT2D eigenvalue weighted by molar-refractivity contribution is -0.145. The van der Waals surface area contributed by atoms with Gasteiger partial charge >= 0.3 is 0 Å². The second kappa shape index (κ2) is 6.48. The van der Waals surface area contributed by atoms with Gasteiger partial charge in [0.15, 0.2) is 0 Å². The second-order valence-electron chi connectivity index (χ2n) is 8.00. The van der Waals surface area contributed by atoms with E-state index in [9.17, 15) is 4.79 Å². The van der Waals surface area contributed by atoms with Gasteiger partial charge in [-0.25, -0.2) is 0 Å². The van der Waals surface area contributed by atoms with Crippen molar-refractivity contribution in [2.75, 3.05) is 39.3 Å². The molecule has 132 valence electrons. The largest absolute Gasteiger partial charge is 0.342 e. The van der Waals surface area contributed by atoms with E-state index in [2.05, 4.69) is 38.7 Å². The molecule has 3 aliphatic heterocycles. The highest BCUT2D eigenvalue weighted by molar-refractivity contribution is 5.84. The Morgan fingerprint density at radius 1 is 1.12 bits per heavy atom. The zero-order valence-corrected chi connectivity index (χ0v) is 14.6. The molecule has 3 aliphatic rings. The number of likely N-dealkylation sites (tertiary alicyclic amines) is 1. The van der Waals surface area contributed by atoms with Crippen LogP contribution >= 0.6 is 0 Å². The summed E-state index contributed by atoms with van der Waals surface area (Å²) in [7, 11) is 0. The Morgan fingerprint density at radius 3 is 2.46 bits per heavy atom. The van der Waals surface area contributed by atoms with Crippen LogP contribution in [0.25, 0.3) is 0 Å². The van der Waals surface area contributed by atoms with Crippen LogP contribution in [0.15, 0.2) is 6.07 Å². The van der Waals surface area contributed by atoms with Crippen LogP contribution in [0.3, 0.4) is 0 Å². The standard InChI is InChI=1S/C18H29N5O/c1-18(11-20-12-18)17(24)23-8-4-14(5-9-23)16-10-15(21-22-16)13-2-6-19-7-3-13/h10,13-14,19-20H,2-9,11-12H2,1H3,(H,21,22). The van der Waals surface area contributed by atoms with Crippen molar-refractivity contribution in [3.63, 3.8) is 0 Å². The average Bonchev–Trinajstić information content (AvgIpc) is 3.10. The molecule has 3 saturated heterocycles. The predicted molar refractivity (Wildman–Crippen MR) is 93.0 cm³/mol. The van der Waals surface area contributed by atoms with Crippen LogP contribution in [-0.4, -0.2) is 60.3 Å². The van der Waals surface area contributed by atoms with Crippen LogP contribution in [0.2, 0.25) is 0 Å². The van der Waals surface area contributed by atoms with Crippen LogP contribution in [0, 0.1) is 5.41 Å². The van der Waals surface area contributed by atoms with E-state index in [1.54, 1.807) is 0 Å². The summed E-state index contributed by atoms with van der Waals surface area (Å²) in [6.45, 7) is 7.68. The minimum atomic E-state index is -0.164. The summed E-state index contributed by atoms with van der Waals surface area (Å²) < 4.78 is 0. The summed E-state index contributed by atoms with van der Waals surface area (Å²) in [5.41, 5.74) is 2.34. The van der Waals surface area contributed by atoms with Gasteiger partial charge in [0.2, 0.25) is 5.91 Å². The number of hydrogen-bond acceptors (Lipinski definition) is 4. The van der Waals surface area contributed by atoms with Gasteiger partial charge in [-0.1, -0.05) is 0 Å². The molecule has 0 unspecified atom stereocenters. The van der Waals surface area contributed by atoms with Crippen molar-refractivity contribution >= 4 is 5.91 Å². The number of aromatic amines is 1. The van der Waals surface area contributed by atoms with Gasteiger partial charge in [-0.2, -0.15) is 5.10 Å². The Bertz CT molecular complexity index is 580. The van der Waals surface area contributed by atoms with E-state index in [0.29, 0.717) is 17.7 Å². The number of rotatable bonds is 3. The van der Waals surface area contributed by atoms with E-state index >= 15 is 0 Å². The van der Waals surface area contributed by atoms with Crippen molar-refractivity contribution in [1.29, 1.82) is 0 Å². The van der Waals surface area contributed by atoms with Crippen LogP contribution in [0.4, 0.5) is 0 Å². The molecule has 4 rings (SSSR count). The van der Waals surface area contributed by atoms with Crippen molar-refractivity contribution in [3.05, 3.63) is 17.5 Å². The molecule has 0 radical (unpaired) electrons. The molecular formula is C18H29N5O. The molecule has 0 aromatic carbocycles. The van der Waals surface area contributed by atoms with E-state index in [1.807, 2.05) is 0 Å². The Labute approximate surface area is 143 Å². The Morgan fingerprint density at radius 2 is 1.83 bits per heavy atom. The summed E-state index contributed by atoms with van der Waals surface area (Å²) in [6, 6.07) is 2.29. The number of aromatic nitrogens is 2. The molecule has 0 aliphatic carbocycles. The molecule has 24 heavy (non-hydrogen) atoms. The summed E-state index contributed by atoms with van der Waals surface area (Å²) in [5, 5.41) is 14.5. The quantitative estimate of drug-likeness (QED) is 0.778. The fourth-order valence-corrected chi connectivity index (χ4v) is 4.32. The second-order valence-corrected chi connectivity index (χ2v) is 8.00. The first-order valence-corrected chi connectivity index (χ1v) is 9.42. The summed E-state index contributed by atoms with van der Waals surface area (Å²) >= 11 is 0. The first kappa shape index (κ1) is 16.1. The Hall–Kier alpha value is -1.40. The lowest BCUT2D eigenvalue weighted by Crippen LogP contribution is -2.61. The van der Waals surface area contributed by atoms with Crippen molar-refractivity contribution in [3.8, 4) is 0 Å². The lowest BCUT2D eigenvalue weighted by Gasteiger charge is -2.43. The topological polar surface area (TPSA) is 73.0 Å². The fourth-order valence-electron chi connectivity index (χ4n) is 4.32. The van der Waals surface area contributed by atoms with Gasteiger partial charge in [-0.15, -0.1) is 0 Å². The Kier molecular flexibility index (Phi) is 4.35. The summed E-state index contributed by atoms with van der Waals surface area (Å²) in [4.78, 5) is 14.7. The molecule has 1 aromatic rings. The third-order valence-electron chi connectivity index (χ3n) is 6.14. The van der Waals surface area contributed by atoms with E-state index in [-0.39, 0.29) is 5.41 Å². The van der Waals surface area contributed by atoms with Gasteiger partial charge in [0.1, 0.15) is 0 Å². The highest BCUT2D eigenvalue weighted by atomic mass is 16.2. The van der Waals surface area contributed by atoms with Gasteiger partial charge in [0, 0.05) is 43.7 Å². The number of nitrogens with zero attached hydrogens (tertiary/aromatic N) is 2. The van der Waals surface area contributed by atoms with Gasteiger partial charge in [0.05, 0.1) is 11.1 Å². The van der Waals surface area contributed by atoms with E-state index < -0.39 is 0 Å². The van der Waals surface area contributed by atoms with E-state index in [1.165, 1.54) is 24.2 Å². The number of amides is 1. The van der Waals surface area contributed by atoms with Crippen LogP contribution in [0.5, 0.6) is 0 Å². The maximum absolute atomic E-state index is 12.6. The molecule has 0 bridgehead atoms. The molecule has 0 atom stereocenters. The minimum absolute atomic E-state index is 0.164. The first-order chi connectivity index (χ1) is 11.7. The third-order valence-corrected chi connectivity index (χ3v) is 6.14. The van der Waals surface area contributed by atoms with Crippen LogP contribution < -0.4 is 10.6 Å². The summed E-state index contributed by atoms with van der Waals surface area (Å²) in [5.74, 6) is 1.45. The number of hydrogen-bond donors (Lipinski definition) is 3. The monoisotopic (exact) mass is 331 g/mol. The molecule has 0 spiro atoms.